The Hall–Kier alpha value is -3.79. The molecule has 0 spiro atoms. The van der Waals surface area contributed by atoms with Crippen molar-refractivity contribution >= 4 is 23.5 Å². The predicted octanol–water partition coefficient (Wildman–Crippen LogP) is 7.48. The number of benzene rings is 4. The van der Waals surface area contributed by atoms with E-state index in [0.29, 0.717) is 13.2 Å². The van der Waals surface area contributed by atoms with Crippen molar-refractivity contribution in [2.45, 2.75) is 81.3 Å². The molecule has 0 aromatic heterocycles. The monoisotopic (exact) mass is 654 g/mol. The van der Waals surface area contributed by atoms with E-state index in [4.69, 9.17) is 23.7 Å². The summed E-state index contributed by atoms with van der Waals surface area (Å²) >= 11 is 1.47. The maximum Gasteiger partial charge on any atom is 0.306 e. The summed E-state index contributed by atoms with van der Waals surface area (Å²) in [5.74, 6) is -0.568. The van der Waals surface area contributed by atoms with Gasteiger partial charge in [-0.05, 0) is 42.7 Å². The SMILES string of the molecule is CC(=O)CCC(=O)O[C@H]1[C@H](OCc2ccccc2)[C@H](OCc2ccccc2)[C@H](COCc2ccccc2)O[C@@H]1Sc1ccc(C)cc1. The molecule has 1 aliphatic heterocycles. The maximum absolute atomic E-state index is 13.2. The Morgan fingerprint density at radius 1 is 0.660 bits per heavy atom. The lowest BCUT2D eigenvalue weighted by Gasteiger charge is -2.45. The maximum atomic E-state index is 13.2. The fourth-order valence-electron chi connectivity index (χ4n) is 5.26. The van der Waals surface area contributed by atoms with Crippen LogP contribution in [0.4, 0.5) is 0 Å². The van der Waals surface area contributed by atoms with Gasteiger partial charge < -0.3 is 28.5 Å². The van der Waals surface area contributed by atoms with Crippen molar-refractivity contribution in [3.63, 3.8) is 0 Å². The number of thioether (sulfide) groups is 1. The lowest BCUT2D eigenvalue weighted by atomic mass is 9.98. The predicted molar refractivity (Wildman–Crippen MR) is 182 cm³/mol. The Morgan fingerprint density at radius 2 is 1.19 bits per heavy atom. The first-order valence-electron chi connectivity index (χ1n) is 15.9. The zero-order valence-corrected chi connectivity index (χ0v) is 27.7. The first-order valence-corrected chi connectivity index (χ1v) is 16.8. The minimum Gasteiger partial charge on any atom is -0.456 e. The van der Waals surface area contributed by atoms with E-state index < -0.39 is 35.8 Å². The molecular formula is C39H42O7S. The highest BCUT2D eigenvalue weighted by Gasteiger charge is 2.50. The number of ketones is 1. The number of esters is 1. The second-order valence-corrected chi connectivity index (χ2v) is 12.8. The molecule has 0 bridgehead atoms. The number of hydrogen-bond acceptors (Lipinski definition) is 8. The van der Waals surface area contributed by atoms with E-state index in [-0.39, 0.29) is 31.8 Å². The van der Waals surface area contributed by atoms with Crippen LogP contribution in [-0.4, -0.2) is 48.2 Å². The summed E-state index contributed by atoms with van der Waals surface area (Å²) in [5.41, 5.74) is 3.51. The van der Waals surface area contributed by atoms with E-state index in [9.17, 15) is 9.59 Å². The van der Waals surface area contributed by atoms with Gasteiger partial charge in [0.15, 0.2) is 6.10 Å². The molecule has 0 aliphatic carbocycles. The zero-order chi connectivity index (χ0) is 32.8. The van der Waals surface area contributed by atoms with Crippen molar-refractivity contribution in [2.24, 2.45) is 0 Å². The fourth-order valence-corrected chi connectivity index (χ4v) is 6.37. The minimum absolute atomic E-state index is 0.0295. The second kappa shape index (κ2) is 17.9. The van der Waals surface area contributed by atoms with Crippen molar-refractivity contribution in [1.29, 1.82) is 0 Å². The third-order valence-corrected chi connectivity index (χ3v) is 8.93. The molecule has 4 aromatic carbocycles. The van der Waals surface area contributed by atoms with Gasteiger partial charge in [0.1, 0.15) is 29.5 Å². The van der Waals surface area contributed by atoms with E-state index in [1.807, 2.05) is 122 Å². The van der Waals surface area contributed by atoms with E-state index >= 15 is 0 Å². The van der Waals surface area contributed by atoms with Gasteiger partial charge in [-0.2, -0.15) is 0 Å². The minimum atomic E-state index is -0.837. The van der Waals surface area contributed by atoms with Gasteiger partial charge in [0.2, 0.25) is 0 Å². The second-order valence-electron chi connectivity index (χ2n) is 11.7. The Balaban J connectivity index is 1.47. The Morgan fingerprint density at radius 3 is 1.74 bits per heavy atom. The number of Topliss-reactive ketones (excluding diaryl/α,β-unsaturated/α-hetero) is 1. The molecule has 0 N–H and O–H groups in total. The molecule has 0 saturated carbocycles. The molecule has 5 rings (SSSR count). The highest BCUT2D eigenvalue weighted by molar-refractivity contribution is 7.99. The summed E-state index contributed by atoms with van der Waals surface area (Å²) in [4.78, 5) is 25.9. The lowest BCUT2D eigenvalue weighted by molar-refractivity contribution is -0.249. The van der Waals surface area contributed by atoms with Crippen LogP contribution in [0, 0.1) is 6.92 Å². The summed E-state index contributed by atoms with van der Waals surface area (Å²) in [7, 11) is 0. The molecule has 5 atom stereocenters. The van der Waals surface area contributed by atoms with E-state index in [0.717, 1.165) is 27.1 Å². The summed E-state index contributed by atoms with van der Waals surface area (Å²) in [6.45, 7) is 4.71. The smallest absolute Gasteiger partial charge is 0.306 e. The highest BCUT2D eigenvalue weighted by Crippen LogP contribution is 2.38. The van der Waals surface area contributed by atoms with Crippen molar-refractivity contribution in [2.75, 3.05) is 6.61 Å². The number of hydrogen-bond donors (Lipinski definition) is 0. The van der Waals surface area contributed by atoms with Crippen LogP contribution in [0.15, 0.2) is 120 Å². The average Bonchev–Trinajstić information content (AvgIpc) is 3.09. The zero-order valence-electron chi connectivity index (χ0n) is 26.9. The van der Waals surface area contributed by atoms with Gasteiger partial charge in [0.05, 0.1) is 32.8 Å². The largest absolute Gasteiger partial charge is 0.456 e. The standard InChI is InChI=1S/C39H42O7S/c1-28-18-21-33(22-19-28)47-39-38(46-35(41)23-20-29(2)40)37(44-26-32-16-10-5-11-17-32)36(43-25-31-14-8-4-9-15-31)34(45-39)27-42-24-30-12-6-3-7-13-30/h3-19,21-22,34,36-39H,20,23-27H2,1-2H3/t34-,36+,37+,38-,39+/m0/s1. The third kappa shape index (κ3) is 10.9. The molecule has 1 aliphatic rings. The highest BCUT2D eigenvalue weighted by atomic mass is 32.2. The summed E-state index contributed by atoms with van der Waals surface area (Å²) < 4.78 is 32.5. The molecule has 246 valence electrons. The van der Waals surface area contributed by atoms with Crippen LogP contribution in [0.1, 0.15) is 42.0 Å². The van der Waals surface area contributed by atoms with E-state index in [1.54, 1.807) is 0 Å². The van der Waals surface area contributed by atoms with Crippen LogP contribution < -0.4 is 0 Å². The summed E-state index contributed by atoms with van der Waals surface area (Å²) in [6.07, 6.45) is -2.66. The molecule has 0 radical (unpaired) electrons. The van der Waals surface area contributed by atoms with Crippen LogP contribution >= 0.6 is 11.8 Å². The Labute approximate surface area is 281 Å². The van der Waals surface area contributed by atoms with Crippen molar-refractivity contribution in [1.82, 2.24) is 0 Å². The van der Waals surface area contributed by atoms with Crippen molar-refractivity contribution < 1.29 is 33.3 Å². The summed E-state index contributed by atoms with van der Waals surface area (Å²) in [6, 6.07) is 37.8. The first-order chi connectivity index (χ1) is 22.9. The topological polar surface area (TPSA) is 80.3 Å². The molecule has 1 fully saturated rings. The average molecular weight is 655 g/mol. The molecular weight excluding hydrogens is 612 g/mol. The van der Waals surface area contributed by atoms with Gasteiger partial charge >= 0.3 is 5.97 Å². The normalized spacial score (nSPS) is 20.9. The number of aryl methyl sites for hydroxylation is 1. The molecule has 47 heavy (non-hydrogen) atoms. The number of ether oxygens (including phenoxy) is 5. The third-order valence-electron chi connectivity index (χ3n) is 7.78. The van der Waals surface area contributed by atoms with Crippen LogP contribution in [-0.2, 0) is 53.1 Å². The van der Waals surface area contributed by atoms with Gasteiger partial charge in [-0.15, -0.1) is 0 Å². The number of rotatable bonds is 16. The van der Waals surface area contributed by atoms with Crippen molar-refractivity contribution in [3.8, 4) is 0 Å². The summed E-state index contributed by atoms with van der Waals surface area (Å²) in [5, 5.41) is 0. The number of carbonyl (C=O) groups is 2. The molecule has 1 saturated heterocycles. The molecule has 8 heteroatoms. The van der Waals surface area contributed by atoms with Gasteiger partial charge in [0.25, 0.3) is 0 Å². The van der Waals surface area contributed by atoms with Gasteiger partial charge in [-0.25, -0.2) is 0 Å². The van der Waals surface area contributed by atoms with Gasteiger partial charge in [-0.3, -0.25) is 4.79 Å². The van der Waals surface area contributed by atoms with Crippen LogP contribution in [0.25, 0.3) is 0 Å². The Bertz CT molecular complexity index is 1520. The first kappa shape index (κ1) is 34.5. The fraction of sp³-hybridized carbons (Fsp3) is 0.333. The van der Waals surface area contributed by atoms with E-state index in [1.165, 1.54) is 18.7 Å². The van der Waals surface area contributed by atoms with Crippen molar-refractivity contribution in [3.05, 3.63) is 138 Å². The number of carbonyl (C=O) groups excluding carboxylic acids is 2. The van der Waals surface area contributed by atoms with Gasteiger partial charge in [0, 0.05) is 11.3 Å². The molecule has 4 aromatic rings. The van der Waals surface area contributed by atoms with Crippen LogP contribution in [0.3, 0.4) is 0 Å². The van der Waals surface area contributed by atoms with Crippen LogP contribution in [0.5, 0.6) is 0 Å². The molecule has 1 heterocycles. The Kier molecular flexibility index (Phi) is 13.2. The lowest BCUT2D eigenvalue weighted by Crippen LogP contribution is -2.60. The van der Waals surface area contributed by atoms with Crippen LogP contribution in [0.2, 0.25) is 0 Å². The molecule has 0 amide bonds. The van der Waals surface area contributed by atoms with E-state index in [2.05, 4.69) is 0 Å². The molecule has 7 nitrogen and oxygen atoms in total. The molecule has 0 unspecified atom stereocenters. The van der Waals surface area contributed by atoms with Gasteiger partial charge in [-0.1, -0.05) is 120 Å². The quantitative estimate of drug-likeness (QED) is 0.115.